The van der Waals surface area contributed by atoms with Crippen molar-refractivity contribution in [3.05, 3.63) is 40.9 Å². The second-order valence-electron chi connectivity index (χ2n) is 5.36. The number of pyridine rings is 1. The third-order valence-corrected chi connectivity index (χ3v) is 4.05. The number of hydrogen-bond donors (Lipinski definition) is 0. The molecule has 0 N–H and O–H groups in total. The Labute approximate surface area is 132 Å². The van der Waals surface area contributed by atoms with Crippen LogP contribution in [0.5, 0.6) is 0 Å². The fourth-order valence-electron chi connectivity index (χ4n) is 2.73. The maximum Gasteiger partial charge on any atom is 0.142 e. The Bertz CT molecular complexity index is 822. The van der Waals surface area contributed by atoms with Gasteiger partial charge in [-0.05, 0) is 12.1 Å². The largest absolute Gasteiger partial charge is 0.310 e. The number of rotatable bonds is 2. The number of anilines is 2. The Hall–Kier alpha value is -2.70. The van der Waals surface area contributed by atoms with Gasteiger partial charge in [-0.15, -0.1) is 0 Å². The van der Waals surface area contributed by atoms with Gasteiger partial charge < -0.3 is 4.90 Å². The van der Waals surface area contributed by atoms with E-state index in [2.05, 4.69) is 27.1 Å². The van der Waals surface area contributed by atoms with Crippen LogP contribution in [-0.2, 0) is 5.41 Å². The van der Waals surface area contributed by atoms with Crippen LogP contribution in [0.25, 0.3) is 0 Å². The average Bonchev–Trinajstić information content (AvgIpc) is 2.82. The number of hydrogen-bond acceptors (Lipinski definition) is 6. The molecule has 0 radical (unpaired) electrons. The molecule has 0 aliphatic carbocycles. The van der Waals surface area contributed by atoms with Crippen LogP contribution < -0.4 is 4.90 Å². The van der Waals surface area contributed by atoms with E-state index in [1.807, 2.05) is 11.8 Å². The Morgan fingerprint density at radius 3 is 2.91 bits per heavy atom. The quantitative estimate of drug-likeness (QED) is 0.792. The molecule has 2 aromatic rings. The Morgan fingerprint density at radius 1 is 1.36 bits per heavy atom. The van der Waals surface area contributed by atoms with E-state index in [0.29, 0.717) is 35.3 Å². The summed E-state index contributed by atoms with van der Waals surface area (Å²) >= 11 is 6.24. The molecule has 1 atom stereocenters. The van der Waals surface area contributed by atoms with Gasteiger partial charge in [0.05, 0.1) is 17.7 Å². The van der Waals surface area contributed by atoms with Crippen LogP contribution >= 0.6 is 11.6 Å². The maximum atomic E-state index is 9.14. The van der Waals surface area contributed by atoms with Gasteiger partial charge in [0.25, 0.3) is 0 Å². The van der Waals surface area contributed by atoms with Crippen LogP contribution in [-0.4, -0.2) is 21.5 Å². The third kappa shape index (κ3) is 2.14. The van der Waals surface area contributed by atoms with Gasteiger partial charge in [-0.25, -0.2) is 15.0 Å². The minimum atomic E-state index is -0.479. The zero-order valence-corrected chi connectivity index (χ0v) is 12.5. The van der Waals surface area contributed by atoms with Gasteiger partial charge in [0.15, 0.2) is 0 Å². The molecule has 3 rings (SSSR count). The molecule has 0 amide bonds. The first kappa shape index (κ1) is 14.2. The third-order valence-electron chi connectivity index (χ3n) is 3.77. The van der Waals surface area contributed by atoms with E-state index >= 15 is 0 Å². The molecule has 1 aliphatic heterocycles. The Kier molecular flexibility index (Phi) is 3.40. The molecule has 7 heteroatoms. The highest BCUT2D eigenvalue weighted by molar-refractivity contribution is 6.30. The molecule has 3 heterocycles. The van der Waals surface area contributed by atoms with Gasteiger partial charge in [-0.3, -0.25) is 0 Å². The van der Waals surface area contributed by atoms with E-state index in [1.54, 1.807) is 18.3 Å². The molecule has 0 saturated heterocycles. The van der Waals surface area contributed by atoms with Crippen LogP contribution in [0.3, 0.4) is 0 Å². The first-order chi connectivity index (χ1) is 10.6. The number of halogens is 1. The van der Waals surface area contributed by atoms with Crippen molar-refractivity contribution >= 4 is 23.2 Å². The van der Waals surface area contributed by atoms with Gasteiger partial charge in [0.1, 0.15) is 23.1 Å². The van der Waals surface area contributed by atoms with Gasteiger partial charge in [-0.2, -0.15) is 10.5 Å². The van der Waals surface area contributed by atoms with E-state index in [4.69, 9.17) is 22.1 Å². The van der Waals surface area contributed by atoms with Crippen LogP contribution in [0, 0.1) is 22.7 Å². The predicted octanol–water partition coefficient (Wildman–Crippen LogP) is 2.72. The van der Waals surface area contributed by atoms with Gasteiger partial charge in [0.2, 0.25) is 0 Å². The zero-order chi connectivity index (χ0) is 15.7. The minimum absolute atomic E-state index is 0.293. The smallest absolute Gasteiger partial charge is 0.142 e. The Morgan fingerprint density at radius 2 is 2.18 bits per heavy atom. The fourth-order valence-corrected chi connectivity index (χ4v) is 3.08. The first-order valence-corrected chi connectivity index (χ1v) is 6.98. The lowest BCUT2D eigenvalue weighted by Crippen LogP contribution is -2.28. The predicted molar refractivity (Wildman–Crippen MR) is 80.6 cm³/mol. The molecule has 0 bridgehead atoms. The maximum absolute atomic E-state index is 9.14. The highest BCUT2D eigenvalue weighted by Crippen LogP contribution is 2.46. The van der Waals surface area contributed by atoms with Crippen LogP contribution in [0.15, 0.2) is 24.7 Å². The summed E-state index contributed by atoms with van der Waals surface area (Å²) in [6.45, 7) is 2.47. The molecule has 108 valence electrons. The van der Waals surface area contributed by atoms with Crippen molar-refractivity contribution in [2.24, 2.45) is 0 Å². The average molecular weight is 311 g/mol. The number of nitriles is 2. The zero-order valence-electron chi connectivity index (χ0n) is 11.8. The molecular formula is C15H11ClN6. The first-order valence-electron chi connectivity index (χ1n) is 6.61. The van der Waals surface area contributed by atoms with Crippen molar-refractivity contribution in [1.82, 2.24) is 15.0 Å². The second kappa shape index (κ2) is 5.25. The number of aromatic nitrogens is 3. The van der Waals surface area contributed by atoms with Crippen molar-refractivity contribution in [2.75, 3.05) is 11.4 Å². The van der Waals surface area contributed by atoms with Crippen LogP contribution in [0.1, 0.15) is 24.5 Å². The summed E-state index contributed by atoms with van der Waals surface area (Å²) < 4.78 is 0. The van der Waals surface area contributed by atoms with Gasteiger partial charge >= 0.3 is 0 Å². The molecule has 1 aliphatic rings. The van der Waals surface area contributed by atoms with Crippen molar-refractivity contribution < 1.29 is 0 Å². The topological polar surface area (TPSA) is 89.5 Å². The highest BCUT2D eigenvalue weighted by atomic mass is 35.5. The molecule has 2 aromatic heterocycles. The van der Waals surface area contributed by atoms with E-state index in [9.17, 15) is 0 Å². The van der Waals surface area contributed by atoms with Crippen LogP contribution in [0.4, 0.5) is 11.6 Å². The summed E-state index contributed by atoms with van der Waals surface area (Å²) in [6, 6.07) is 7.63. The molecule has 6 nitrogen and oxygen atoms in total. The summed E-state index contributed by atoms with van der Waals surface area (Å²) in [6.07, 6.45) is 3.26. The lowest BCUT2D eigenvalue weighted by atomic mass is 9.83. The number of nitrogens with zero attached hydrogens (tertiary/aromatic N) is 6. The Balaban J connectivity index is 2.15. The van der Waals surface area contributed by atoms with Crippen LogP contribution in [0.2, 0.25) is 5.15 Å². The van der Waals surface area contributed by atoms with E-state index < -0.39 is 5.41 Å². The lowest BCUT2D eigenvalue weighted by Gasteiger charge is -2.22. The van der Waals surface area contributed by atoms with E-state index in [-0.39, 0.29) is 0 Å². The highest BCUT2D eigenvalue weighted by Gasteiger charge is 2.43. The molecule has 0 spiro atoms. The van der Waals surface area contributed by atoms with E-state index in [1.165, 1.54) is 6.33 Å². The standard InChI is InChI=1S/C15H11ClN6/c1-15(3-4-17)8-22(11-6-10(7-18)2-5-19-11)14-12(15)13(16)20-9-21-14/h2,5-6,9H,3,8H2,1H3. The normalized spacial score (nSPS) is 19.4. The van der Waals surface area contributed by atoms with Gasteiger partial charge in [0, 0.05) is 30.1 Å². The number of fused-ring (bicyclic) bond motifs is 1. The molecule has 0 fully saturated rings. The minimum Gasteiger partial charge on any atom is -0.310 e. The van der Waals surface area contributed by atoms with Crippen molar-refractivity contribution in [1.29, 1.82) is 10.5 Å². The summed E-state index contributed by atoms with van der Waals surface area (Å²) in [7, 11) is 0. The second-order valence-corrected chi connectivity index (χ2v) is 5.72. The lowest BCUT2D eigenvalue weighted by molar-refractivity contribution is 0.520. The molecule has 0 aromatic carbocycles. The fraction of sp³-hybridized carbons (Fsp3) is 0.267. The molecule has 22 heavy (non-hydrogen) atoms. The van der Waals surface area contributed by atoms with Crippen molar-refractivity contribution in [2.45, 2.75) is 18.8 Å². The summed E-state index contributed by atoms with van der Waals surface area (Å²) in [5.74, 6) is 1.25. The van der Waals surface area contributed by atoms with E-state index in [0.717, 1.165) is 5.56 Å². The molecule has 0 saturated carbocycles. The van der Waals surface area contributed by atoms with Crippen molar-refractivity contribution in [3.8, 4) is 12.1 Å². The monoisotopic (exact) mass is 310 g/mol. The summed E-state index contributed by atoms with van der Waals surface area (Å²) in [4.78, 5) is 14.5. The van der Waals surface area contributed by atoms with Crippen molar-refractivity contribution in [3.63, 3.8) is 0 Å². The SMILES string of the molecule is CC1(CC#N)CN(c2cc(C#N)ccn2)c2ncnc(Cl)c21. The summed E-state index contributed by atoms with van der Waals surface area (Å²) in [5.41, 5.74) is 0.787. The van der Waals surface area contributed by atoms with Gasteiger partial charge in [-0.1, -0.05) is 18.5 Å². The summed E-state index contributed by atoms with van der Waals surface area (Å²) in [5, 5.41) is 18.5. The molecular weight excluding hydrogens is 300 g/mol. The molecule has 1 unspecified atom stereocenters.